The predicted octanol–water partition coefficient (Wildman–Crippen LogP) is 5.89. The maximum Gasteiger partial charge on any atom is 0.0867 e. The summed E-state index contributed by atoms with van der Waals surface area (Å²) in [5, 5.41) is 3.31. The van der Waals surface area contributed by atoms with Crippen molar-refractivity contribution in [2.45, 2.75) is 65.7 Å². The number of allylic oxidation sites excluding steroid dienone is 3. The highest BCUT2D eigenvalue weighted by Crippen LogP contribution is 2.63. The summed E-state index contributed by atoms with van der Waals surface area (Å²) in [6, 6.07) is 0. The zero-order valence-corrected chi connectivity index (χ0v) is 14.5. The van der Waals surface area contributed by atoms with Crippen molar-refractivity contribution in [2.75, 3.05) is 6.54 Å². The molecule has 0 aliphatic heterocycles. The Morgan fingerprint density at radius 2 is 2.09 bits per heavy atom. The van der Waals surface area contributed by atoms with Crippen molar-refractivity contribution in [3.63, 3.8) is 0 Å². The molecule has 5 atom stereocenters. The predicted molar refractivity (Wildman–Crippen MR) is 92.6 cm³/mol. The maximum absolute atomic E-state index is 11.0. The summed E-state index contributed by atoms with van der Waals surface area (Å²) in [7, 11) is 0. The van der Waals surface area contributed by atoms with Gasteiger partial charge in [0.25, 0.3) is 0 Å². The van der Waals surface area contributed by atoms with E-state index in [4.69, 9.17) is 0 Å². The Hall–Kier alpha value is -0.920. The van der Waals surface area contributed by atoms with Crippen molar-refractivity contribution in [1.82, 2.24) is 0 Å². The molecular weight excluding hydrogens is 270 g/mol. The van der Waals surface area contributed by atoms with Crippen LogP contribution in [0.3, 0.4) is 0 Å². The zero-order chi connectivity index (χ0) is 16.0. The third kappa shape index (κ3) is 2.30. The molecule has 0 heterocycles. The van der Waals surface area contributed by atoms with Crippen LogP contribution in [0.4, 0.5) is 0 Å². The second kappa shape index (κ2) is 5.32. The van der Waals surface area contributed by atoms with Gasteiger partial charge in [-0.05, 0) is 66.6 Å². The van der Waals surface area contributed by atoms with E-state index in [1.165, 1.54) is 38.5 Å². The summed E-state index contributed by atoms with van der Waals surface area (Å²) in [4.78, 5) is 11.0. The van der Waals surface area contributed by atoms with Gasteiger partial charge in [-0.25, -0.2) is 0 Å². The Bertz CT molecular complexity index is 510. The van der Waals surface area contributed by atoms with Gasteiger partial charge in [0.2, 0.25) is 0 Å². The van der Waals surface area contributed by atoms with E-state index in [0.717, 1.165) is 12.3 Å². The Morgan fingerprint density at radius 3 is 2.77 bits per heavy atom. The van der Waals surface area contributed by atoms with Crippen LogP contribution in [0.15, 0.2) is 29.5 Å². The SMILES string of the molecule is C=C[C@@]1(C)CC=C2[C@@H](CC[C@@H]3[C@](C)(CN=O)CCC[C@@]23C)C1. The van der Waals surface area contributed by atoms with Crippen LogP contribution in [0.5, 0.6) is 0 Å². The summed E-state index contributed by atoms with van der Waals surface area (Å²) in [6.45, 7) is 11.7. The molecule has 3 aliphatic carbocycles. The second-order valence-corrected chi connectivity index (χ2v) is 8.96. The van der Waals surface area contributed by atoms with Crippen LogP contribution in [0.25, 0.3) is 0 Å². The van der Waals surface area contributed by atoms with Gasteiger partial charge in [0, 0.05) is 0 Å². The van der Waals surface area contributed by atoms with E-state index in [0.29, 0.717) is 17.9 Å². The summed E-state index contributed by atoms with van der Waals surface area (Å²) < 4.78 is 0. The van der Waals surface area contributed by atoms with Crippen molar-refractivity contribution in [1.29, 1.82) is 0 Å². The fourth-order valence-electron chi connectivity index (χ4n) is 6.08. The molecule has 22 heavy (non-hydrogen) atoms. The normalized spacial score (nSPS) is 47.9. The van der Waals surface area contributed by atoms with E-state index in [2.05, 4.69) is 44.7 Å². The molecule has 2 nitrogen and oxygen atoms in total. The lowest BCUT2D eigenvalue weighted by molar-refractivity contribution is -0.0208. The topological polar surface area (TPSA) is 29.4 Å². The summed E-state index contributed by atoms with van der Waals surface area (Å²) >= 11 is 0. The van der Waals surface area contributed by atoms with Gasteiger partial charge in [0.05, 0.1) is 6.54 Å². The van der Waals surface area contributed by atoms with Gasteiger partial charge in [0.1, 0.15) is 0 Å². The van der Waals surface area contributed by atoms with Gasteiger partial charge < -0.3 is 0 Å². The fraction of sp³-hybridized carbons (Fsp3) is 0.800. The highest BCUT2D eigenvalue weighted by atomic mass is 16.3. The van der Waals surface area contributed by atoms with Crippen LogP contribution in [0, 0.1) is 33.0 Å². The molecule has 0 unspecified atom stereocenters. The van der Waals surface area contributed by atoms with Crippen molar-refractivity contribution in [3.8, 4) is 0 Å². The molecule has 3 aliphatic rings. The number of fused-ring (bicyclic) bond motifs is 3. The molecule has 0 amide bonds. The Balaban J connectivity index is 1.95. The van der Waals surface area contributed by atoms with Crippen LogP contribution in [0.2, 0.25) is 0 Å². The number of nitrogens with zero attached hydrogens (tertiary/aromatic N) is 1. The molecule has 0 aromatic rings. The number of rotatable bonds is 3. The molecule has 2 heteroatoms. The van der Waals surface area contributed by atoms with E-state index in [-0.39, 0.29) is 10.8 Å². The molecule has 122 valence electrons. The lowest BCUT2D eigenvalue weighted by Crippen LogP contribution is -2.51. The average Bonchev–Trinajstić information content (AvgIpc) is 2.47. The zero-order valence-electron chi connectivity index (χ0n) is 14.5. The van der Waals surface area contributed by atoms with Crippen LogP contribution < -0.4 is 0 Å². The standard InChI is InChI=1S/C20H31NO/c1-5-18(2)12-9-16-15(13-18)7-8-17-19(3,14-21-22)10-6-11-20(16,17)4/h5,9,15,17H,1,6-8,10-14H2,2-4H3/t15-,17+,18-,19-,20-/m0/s1. The molecular formula is C20H31NO. The van der Waals surface area contributed by atoms with Crippen molar-refractivity contribution >= 4 is 0 Å². The molecule has 0 aromatic heterocycles. The summed E-state index contributed by atoms with van der Waals surface area (Å²) in [5.41, 5.74) is 2.39. The largest absolute Gasteiger partial charge is 0.151 e. The van der Waals surface area contributed by atoms with Crippen molar-refractivity contribution in [2.24, 2.45) is 33.3 Å². The maximum atomic E-state index is 11.0. The molecule has 0 radical (unpaired) electrons. The van der Waals surface area contributed by atoms with Crippen molar-refractivity contribution in [3.05, 3.63) is 29.2 Å². The first-order chi connectivity index (χ1) is 10.4. The Morgan fingerprint density at radius 1 is 1.32 bits per heavy atom. The van der Waals surface area contributed by atoms with E-state index in [1.807, 2.05) is 0 Å². The summed E-state index contributed by atoms with van der Waals surface area (Å²) in [6.07, 6.45) is 13.3. The lowest BCUT2D eigenvalue weighted by Gasteiger charge is -2.59. The Labute approximate surface area is 135 Å². The number of hydrogen-bond donors (Lipinski definition) is 0. The molecule has 2 saturated carbocycles. The minimum atomic E-state index is 0.111. The van der Waals surface area contributed by atoms with Gasteiger partial charge in [-0.15, -0.1) is 6.58 Å². The third-order valence-electron chi connectivity index (χ3n) is 7.38. The molecule has 0 saturated heterocycles. The van der Waals surface area contributed by atoms with Crippen molar-refractivity contribution < 1.29 is 0 Å². The van der Waals surface area contributed by atoms with Gasteiger partial charge in [-0.2, -0.15) is 4.91 Å². The fourth-order valence-corrected chi connectivity index (χ4v) is 6.08. The molecule has 0 aromatic carbocycles. The van der Waals surface area contributed by atoms with Crippen LogP contribution in [-0.2, 0) is 0 Å². The van der Waals surface area contributed by atoms with Gasteiger partial charge >= 0.3 is 0 Å². The number of hydrogen-bond acceptors (Lipinski definition) is 2. The minimum Gasteiger partial charge on any atom is -0.151 e. The highest BCUT2D eigenvalue weighted by Gasteiger charge is 2.54. The molecule has 0 spiro atoms. The Kier molecular flexibility index (Phi) is 3.86. The first kappa shape index (κ1) is 16.0. The second-order valence-electron chi connectivity index (χ2n) is 8.96. The first-order valence-corrected chi connectivity index (χ1v) is 9.00. The minimum absolute atomic E-state index is 0.111. The van der Waals surface area contributed by atoms with Crippen LogP contribution in [0.1, 0.15) is 65.7 Å². The van der Waals surface area contributed by atoms with Gasteiger partial charge in [-0.1, -0.05) is 50.1 Å². The third-order valence-corrected chi connectivity index (χ3v) is 7.38. The number of nitroso groups, excluding NO2 is 1. The summed E-state index contributed by atoms with van der Waals surface area (Å²) in [5.74, 6) is 1.35. The molecule has 0 bridgehead atoms. The van der Waals surface area contributed by atoms with E-state index < -0.39 is 0 Å². The smallest absolute Gasteiger partial charge is 0.0867 e. The molecule has 2 fully saturated rings. The van der Waals surface area contributed by atoms with Crippen LogP contribution >= 0.6 is 0 Å². The monoisotopic (exact) mass is 301 g/mol. The molecule has 3 rings (SSSR count). The van der Waals surface area contributed by atoms with Gasteiger partial charge in [0.15, 0.2) is 0 Å². The molecule has 0 N–H and O–H groups in total. The first-order valence-electron chi connectivity index (χ1n) is 9.00. The van der Waals surface area contributed by atoms with E-state index >= 15 is 0 Å². The van der Waals surface area contributed by atoms with E-state index in [9.17, 15) is 4.91 Å². The highest BCUT2D eigenvalue weighted by molar-refractivity contribution is 5.28. The van der Waals surface area contributed by atoms with E-state index in [1.54, 1.807) is 5.57 Å². The average molecular weight is 301 g/mol. The lowest BCUT2D eigenvalue weighted by atomic mass is 9.46. The van der Waals surface area contributed by atoms with Crippen LogP contribution in [-0.4, -0.2) is 6.54 Å². The van der Waals surface area contributed by atoms with Gasteiger partial charge in [-0.3, -0.25) is 0 Å². The quantitative estimate of drug-likeness (QED) is 0.472.